The van der Waals surface area contributed by atoms with E-state index in [1.807, 2.05) is 6.92 Å². The number of hydrogen-bond acceptors (Lipinski definition) is 7. The summed E-state index contributed by atoms with van der Waals surface area (Å²) < 4.78 is 18.4. The highest BCUT2D eigenvalue weighted by Gasteiger charge is 2.37. The largest absolute Gasteiger partial charge is 0.490 e. The van der Waals surface area contributed by atoms with Crippen molar-refractivity contribution in [1.82, 2.24) is 9.99 Å². The molecule has 0 radical (unpaired) electrons. The number of hydrazone groups is 1. The minimum Gasteiger partial charge on any atom is -0.490 e. The van der Waals surface area contributed by atoms with Crippen LogP contribution >= 0.6 is 31.9 Å². The number of benzene rings is 1. The van der Waals surface area contributed by atoms with Gasteiger partial charge in [-0.05, 0) is 41.1 Å². The first-order chi connectivity index (χ1) is 13.8. The number of halogens is 2. The minimum atomic E-state index is -0.951. The van der Waals surface area contributed by atoms with Crippen molar-refractivity contribution >= 4 is 49.6 Å². The van der Waals surface area contributed by atoms with Crippen molar-refractivity contribution in [1.29, 1.82) is 0 Å². The average Bonchev–Trinajstić information content (AvgIpc) is 3.09. The van der Waals surface area contributed by atoms with E-state index in [-0.39, 0.29) is 17.6 Å². The third kappa shape index (κ3) is 4.76. The van der Waals surface area contributed by atoms with Gasteiger partial charge in [0.1, 0.15) is 0 Å². The molecular formula is C19H17Br2N3O5. The monoisotopic (exact) mass is 525 g/mol. The zero-order valence-electron chi connectivity index (χ0n) is 15.8. The highest BCUT2D eigenvalue weighted by Crippen LogP contribution is 2.43. The molecule has 29 heavy (non-hydrogen) atoms. The van der Waals surface area contributed by atoms with Gasteiger partial charge in [0, 0.05) is 35.2 Å². The summed E-state index contributed by atoms with van der Waals surface area (Å²) in [6.45, 7) is 4.83. The van der Waals surface area contributed by atoms with Crippen molar-refractivity contribution in [2.75, 3.05) is 6.61 Å². The van der Waals surface area contributed by atoms with Crippen molar-refractivity contribution in [3.8, 4) is 11.5 Å². The summed E-state index contributed by atoms with van der Waals surface area (Å²) in [6.07, 6.45) is 2.25. The lowest BCUT2D eigenvalue weighted by molar-refractivity contribution is -0.135. The van der Waals surface area contributed by atoms with Crippen LogP contribution in [0.3, 0.4) is 0 Å². The molecule has 1 aliphatic heterocycles. The molecule has 1 amide bonds. The van der Waals surface area contributed by atoms with Crippen LogP contribution in [0.2, 0.25) is 0 Å². The predicted molar refractivity (Wildman–Crippen MR) is 111 cm³/mol. The van der Waals surface area contributed by atoms with E-state index in [9.17, 15) is 9.59 Å². The molecule has 0 saturated carbocycles. The third-order valence-corrected chi connectivity index (χ3v) is 4.67. The molecule has 1 aliphatic rings. The Balaban J connectivity index is 2.09. The van der Waals surface area contributed by atoms with Gasteiger partial charge in [0.25, 0.3) is 0 Å². The van der Waals surface area contributed by atoms with Gasteiger partial charge in [-0.25, -0.2) is 0 Å². The summed E-state index contributed by atoms with van der Waals surface area (Å²) in [5.74, 6) is -0.149. The molecule has 10 heteroatoms. The Morgan fingerprint density at radius 2 is 1.93 bits per heavy atom. The maximum Gasteiger partial charge on any atom is 0.308 e. The van der Waals surface area contributed by atoms with Crippen LogP contribution in [0.4, 0.5) is 0 Å². The summed E-state index contributed by atoms with van der Waals surface area (Å²) in [6, 6.07) is 5.14. The van der Waals surface area contributed by atoms with Gasteiger partial charge in [-0.15, -0.1) is 5.10 Å². The molecule has 2 heterocycles. The lowest BCUT2D eigenvalue weighted by atomic mass is 10.1. The quantitative estimate of drug-likeness (QED) is 0.429. The molecule has 0 saturated heterocycles. The molecule has 8 nitrogen and oxygen atoms in total. The molecule has 0 fully saturated rings. The zero-order chi connectivity index (χ0) is 21.1. The summed E-state index contributed by atoms with van der Waals surface area (Å²) >= 11 is 6.78. The van der Waals surface area contributed by atoms with E-state index in [1.165, 1.54) is 18.9 Å². The summed E-state index contributed by atoms with van der Waals surface area (Å²) in [5, 5.41) is 5.48. The Morgan fingerprint density at radius 1 is 1.17 bits per heavy atom. The number of hydrogen-bond donors (Lipinski definition) is 0. The van der Waals surface area contributed by atoms with E-state index >= 15 is 0 Å². The number of pyridine rings is 1. The number of esters is 1. The van der Waals surface area contributed by atoms with Gasteiger partial charge in [-0.1, -0.05) is 15.9 Å². The Morgan fingerprint density at radius 3 is 2.55 bits per heavy atom. The number of aromatic nitrogens is 1. The van der Waals surface area contributed by atoms with Crippen molar-refractivity contribution in [3.05, 3.63) is 50.7 Å². The van der Waals surface area contributed by atoms with E-state index < -0.39 is 12.2 Å². The number of rotatable bonds is 5. The lowest BCUT2D eigenvalue weighted by Crippen LogP contribution is -2.26. The van der Waals surface area contributed by atoms with Crippen LogP contribution < -0.4 is 9.47 Å². The Labute approximate surface area is 184 Å². The molecule has 0 bridgehead atoms. The van der Waals surface area contributed by atoms with E-state index in [0.29, 0.717) is 28.0 Å². The van der Waals surface area contributed by atoms with Crippen LogP contribution in [0.1, 0.15) is 38.1 Å². The van der Waals surface area contributed by atoms with Gasteiger partial charge in [0.05, 0.1) is 17.7 Å². The molecule has 1 aromatic carbocycles. The highest BCUT2D eigenvalue weighted by atomic mass is 79.9. The third-order valence-electron chi connectivity index (χ3n) is 3.78. The Bertz CT molecular complexity index is 996. The molecule has 2 aromatic rings. The molecule has 1 unspecified atom stereocenters. The zero-order valence-corrected chi connectivity index (χ0v) is 19.0. The molecule has 1 atom stereocenters. The van der Waals surface area contributed by atoms with Crippen LogP contribution in [-0.2, 0) is 14.3 Å². The molecule has 0 aliphatic carbocycles. The van der Waals surface area contributed by atoms with Gasteiger partial charge < -0.3 is 14.2 Å². The molecular weight excluding hydrogens is 510 g/mol. The Kier molecular flexibility index (Phi) is 6.53. The van der Waals surface area contributed by atoms with E-state index in [4.69, 9.17) is 14.2 Å². The van der Waals surface area contributed by atoms with Crippen molar-refractivity contribution in [2.45, 2.75) is 27.0 Å². The normalized spacial score (nSPS) is 15.6. The van der Waals surface area contributed by atoms with E-state index in [2.05, 4.69) is 41.9 Å². The molecule has 0 spiro atoms. The van der Waals surface area contributed by atoms with E-state index in [1.54, 1.807) is 30.6 Å². The smallest absolute Gasteiger partial charge is 0.308 e. The molecule has 3 rings (SSSR count). The maximum atomic E-state index is 12.3. The van der Waals surface area contributed by atoms with Crippen molar-refractivity contribution in [3.63, 3.8) is 0 Å². The van der Waals surface area contributed by atoms with Gasteiger partial charge in [0.15, 0.2) is 11.5 Å². The fourth-order valence-electron chi connectivity index (χ4n) is 2.70. The Hall–Kier alpha value is -2.46. The number of nitrogens with zero attached hydrogens (tertiary/aromatic N) is 3. The number of amides is 1. The topological polar surface area (TPSA) is 90.3 Å². The van der Waals surface area contributed by atoms with Crippen LogP contribution in [0, 0.1) is 0 Å². The van der Waals surface area contributed by atoms with Crippen LogP contribution in [0.15, 0.2) is 44.6 Å². The molecule has 1 aromatic heterocycles. The standard InChI is InChI=1S/C19H17Br2N3O5/c1-4-27-16-7-13(20)6-15(17(16)28-11(3)26)19-24(10(2)25)23-18(29-19)12-5-14(21)9-22-8-12/h5-9,19H,4H2,1-3H3. The van der Waals surface area contributed by atoms with Crippen LogP contribution in [0.25, 0.3) is 0 Å². The molecule has 152 valence electrons. The van der Waals surface area contributed by atoms with Gasteiger partial charge >= 0.3 is 5.97 Å². The van der Waals surface area contributed by atoms with Gasteiger partial charge in [-0.2, -0.15) is 5.01 Å². The van der Waals surface area contributed by atoms with Crippen molar-refractivity contribution in [2.24, 2.45) is 5.10 Å². The van der Waals surface area contributed by atoms with Crippen LogP contribution in [-0.4, -0.2) is 34.4 Å². The minimum absolute atomic E-state index is 0.169. The number of carbonyl (C=O) groups is 2. The highest BCUT2D eigenvalue weighted by molar-refractivity contribution is 9.10. The number of ether oxygens (including phenoxy) is 3. The predicted octanol–water partition coefficient (Wildman–Crippen LogP) is 4.17. The summed E-state index contributed by atoms with van der Waals surface area (Å²) in [7, 11) is 0. The summed E-state index contributed by atoms with van der Waals surface area (Å²) in [5.41, 5.74) is 0.997. The second-order valence-electron chi connectivity index (χ2n) is 5.98. The van der Waals surface area contributed by atoms with Gasteiger partial charge in [-0.3, -0.25) is 14.6 Å². The SMILES string of the molecule is CCOc1cc(Br)cc(C2OC(c3cncc(Br)c3)=NN2C(C)=O)c1OC(C)=O. The fourth-order valence-corrected chi connectivity index (χ4v) is 3.52. The lowest BCUT2D eigenvalue weighted by Gasteiger charge is -2.23. The maximum absolute atomic E-state index is 12.3. The van der Waals surface area contributed by atoms with Gasteiger partial charge in [0.2, 0.25) is 18.0 Å². The second kappa shape index (κ2) is 8.91. The van der Waals surface area contributed by atoms with Crippen molar-refractivity contribution < 1.29 is 23.8 Å². The van der Waals surface area contributed by atoms with E-state index in [0.717, 1.165) is 4.47 Å². The summed E-state index contributed by atoms with van der Waals surface area (Å²) in [4.78, 5) is 28.1. The second-order valence-corrected chi connectivity index (χ2v) is 7.81. The average molecular weight is 527 g/mol. The molecule has 0 N–H and O–H groups in total. The van der Waals surface area contributed by atoms with Crippen LogP contribution in [0.5, 0.6) is 11.5 Å². The first kappa shape index (κ1) is 21.3. The first-order valence-electron chi connectivity index (χ1n) is 8.60. The number of carbonyl (C=O) groups excluding carboxylic acids is 2. The first-order valence-corrected chi connectivity index (χ1v) is 10.2. The fraction of sp³-hybridized carbons (Fsp3) is 0.263.